The SMILES string of the molecule is CN(CC(=O)NCCc1nc2ccc(F)cc2[nH]1)Cc1cccnc1. The number of carbonyl (C=O) groups excluding carboxylic acids is 1. The molecular weight excluding hydrogens is 321 g/mol. The Hall–Kier alpha value is -2.80. The van der Waals surface area contributed by atoms with Gasteiger partial charge in [0.05, 0.1) is 17.6 Å². The van der Waals surface area contributed by atoms with E-state index in [0.29, 0.717) is 31.6 Å². The minimum atomic E-state index is -0.298. The van der Waals surface area contributed by atoms with Gasteiger partial charge in [0.15, 0.2) is 0 Å². The zero-order valence-corrected chi connectivity index (χ0v) is 14.0. The molecule has 2 heterocycles. The molecule has 0 saturated heterocycles. The van der Waals surface area contributed by atoms with Crippen molar-refractivity contribution in [2.45, 2.75) is 13.0 Å². The number of imidazole rings is 1. The largest absolute Gasteiger partial charge is 0.355 e. The van der Waals surface area contributed by atoms with Gasteiger partial charge in [-0.1, -0.05) is 6.07 Å². The lowest BCUT2D eigenvalue weighted by atomic mass is 10.2. The molecule has 2 N–H and O–H groups in total. The smallest absolute Gasteiger partial charge is 0.234 e. The van der Waals surface area contributed by atoms with Gasteiger partial charge < -0.3 is 10.3 Å². The molecule has 0 aliphatic carbocycles. The van der Waals surface area contributed by atoms with E-state index >= 15 is 0 Å². The van der Waals surface area contributed by atoms with Gasteiger partial charge in [0.2, 0.25) is 5.91 Å². The number of amides is 1. The van der Waals surface area contributed by atoms with Crippen LogP contribution in [0.1, 0.15) is 11.4 Å². The van der Waals surface area contributed by atoms with E-state index in [0.717, 1.165) is 16.9 Å². The highest BCUT2D eigenvalue weighted by Crippen LogP contribution is 2.12. The molecule has 2 aromatic heterocycles. The number of likely N-dealkylation sites (N-methyl/N-ethyl adjacent to an activating group) is 1. The summed E-state index contributed by atoms with van der Waals surface area (Å²) in [6.45, 7) is 1.44. The maximum atomic E-state index is 13.2. The number of benzene rings is 1. The molecule has 7 heteroatoms. The third-order valence-corrected chi connectivity index (χ3v) is 3.77. The molecule has 0 fully saturated rings. The van der Waals surface area contributed by atoms with Crippen LogP contribution in [0.25, 0.3) is 11.0 Å². The molecule has 3 rings (SSSR count). The summed E-state index contributed by atoms with van der Waals surface area (Å²) in [5, 5.41) is 2.87. The molecule has 0 unspecified atom stereocenters. The first-order valence-corrected chi connectivity index (χ1v) is 8.08. The lowest BCUT2D eigenvalue weighted by Gasteiger charge is -2.15. The van der Waals surface area contributed by atoms with Crippen molar-refractivity contribution >= 4 is 16.9 Å². The maximum absolute atomic E-state index is 13.2. The van der Waals surface area contributed by atoms with Crippen molar-refractivity contribution in [3.05, 3.63) is 59.9 Å². The Morgan fingerprint density at radius 3 is 3.04 bits per heavy atom. The van der Waals surface area contributed by atoms with Gasteiger partial charge in [-0.05, 0) is 36.9 Å². The van der Waals surface area contributed by atoms with Crippen LogP contribution >= 0.6 is 0 Å². The average Bonchev–Trinajstić information content (AvgIpc) is 2.97. The van der Waals surface area contributed by atoms with Crippen molar-refractivity contribution in [1.29, 1.82) is 0 Å². The Morgan fingerprint density at radius 1 is 1.36 bits per heavy atom. The number of pyridine rings is 1. The van der Waals surface area contributed by atoms with E-state index in [4.69, 9.17) is 0 Å². The highest BCUT2D eigenvalue weighted by molar-refractivity contribution is 5.78. The second-order valence-corrected chi connectivity index (χ2v) is 5.98. The van der Waals surface area contributed by atoms with E-state index in [2.05, 4.69) is 20.3 Å². The topological polar surface area (TPSA) is 73.9 Å². The Bertz CT molecular complexity index is 849. The Balaban J connectivity index is 1.44. The van der Waals surface area contributed by atoms with E-state index in [1.807, 2.05) is 24.1 Å². The number of nitrogens with zero attached hydrogens (tertiary/aromatic N) is 3. The monoisotopic (exact) mass is 341 g/mol. The number of rotatable bonds is 7. The van der Waals surface area contributed by atoms with E-state index in [1.54, 1.807) is 18.5 Å². The van der Waals surface area contributed by atoms with Gasteiger partial charge >= 0.3 is 0 Å². The summed E-state index contributed by atoms with van der Waals surface area (Å²) in [6.07, 6.45) is 4.08. The first-order valence-electron chi connectivity index (χ1n) is 8.08. The second kappa shape index (κ2) is 7.85. The fourth-order valence-electron chi connectivity index (χ4n) is 2.63. The summed E-state index contributed by atoms with van der Waals surface area (Å²) in [5.74, 6) is 0.380. The first-order chi connectivity index (χ1) is 12.1. The number of carbonyl (C=O) groups is 1. The number of halogens is 1. The van der Waals surface area contributed by atoms with Crippen LogP contribution in [-0.4, -0.2) is 45.9 Å². The average molecular weight is 341 g/mol. The Labute approximate surface area is 145 Å². The van der Waals surface area contributed by atoms with Gasteiger partial charge in [0.25, 0.3) is 0 Å². The van der Waals surface area contributed by atoms with Gasteiger partial charge in [-0.2, -0.15) is 0 Å². The van der Waals surface area contributed by atoms with Gasteiger partial charge in [0, 0.05) is 31.9 Å². The van der Waals surface area contributed by atoms with Crippen molar-refractivity contribution in [2.75, 3.05) is 20.1 Å². The molecule has 0 radical (unpaired) electrons. The Morgan fingerprint density at radius 2 is 2.24 bits per heavy atom. The van der Waals surface area contributed by atoms with Crippen LogP contribution in [0.5, 0.6) is 0 Å². The number of fused-ring (bicyclic) bond motifs is 1. The van der Waals surface area contributed by atoms with Crippen LogP contribution in [0.2, 0.25) is 0 Å². The molecule has 0 aliphatic heterocycles. The van der Waals surface area contributed by atoms with Crippen LogP contribution in [0.4, 0.5) is 4.39 Å². The number of H-pyrrole nitrogens is 1. The quantitative estimate of drug-likeness (QED) is 0.688. The standard InChI is InChI=1S/C18H20FN5O/c1-24(11-13-3-2-7-20-10-13)12-18(25)21-8-6-17-22-15-5-4-14(19)9-16(15)23-17/h2-5,7,9-10H,6,8,11-12H2,1H3,(H,21,25)(H,22,23). The third-order valence-electron chi connectivity index (χ3n) is 3.77. The molecule has 0 atom stereocenters. The molecule has 0 bridgehead atoms. The highest BCUT2D eigenvalue weighted by Gasteiger charge is 2.08. The number of hydrogen-bond donors (Lipinski definition) is 2. The van der Waals surface area contributed by atoms with Crippen molar-refractivity contribution < 1.29 is 9.18 Å². The molecule has 0 saturated carbocycles. The maximum Gasteiger partial charge on any atom is 0.234 e. The second-order valence-electron chi connectivity index (χ2n) is 5.98. The van der Waals surface area contributed by atoms with Gasteiger partial charge in [-0.15, -0.1) is 0 Å². The summed E-state index contributed by atoms with van der Waals surface area (Å²) in [6, 6.07) is 8.29. The predicted octanol–water partition coefficient (Wildman–Crippen LogP) is 1.89. The number of aromatic amines is 1. The van der Waals surface area contributed by atoms with Crippen LogP contribution in [-0.2, 0) is 17.8 Å². The molecule has 3 aromatic rings. The highest BCUT2D eigenvalue weighted by atomic mass is 19.1. The van der Waals surface area contributed by atoms with E-state index in [-0.39, 0.29) is 11.7 Å². The van der Waals surface area contributed by atoms with Gasteiger partial charge in [-0.25, -0.2) is 9.37 Å². The number of nitrogens with one attached hydrogen (secondary N) is 2. The number of aromatic nitrogens is 3. The van der Waals surface area contributed by atoms with Gasteiger partial charge in [-0.3, -0.25) is 14.7 Å². The molecule has 1 amide bonds. The summed E-state index contributed by atoms with van der Waals surface area (Å²) < 4.78 is 13.2. The lowest BCUT2D eigenvalue weighted by molar-refractivity contribution is -0.122. The molecule has 6 nitrogen and oxygen atoms in total. The summed E-state index contributed by atoms with van der Waals surface area (Å²) in [4.78, 5) is 25.4. The Kier molecular flexibility index (Phi) is 5.35. The summed E-state index contributed by atoms with van der Waals surface area (Å²) in [5.41, 5.74) is 2.45. The third kappa shape index (κ3) is 4.84. The zero-order valence-electron chi connectivity index (χ0n) is 14.0. The van der Waals surface area contributed by atoms with Crippen molar-refractivity contribution in [2.24, 2.45) is 0 Å². The van der Waals surface area contributed by atoms with E-state index in [1.165, 1.54) is 12.1 Å². The molecule has 0 aliphatic rings. The fraction of sp³-hybridized carbons (Fsp3) is 0.278. The van der Waals surface area contributed by atoms with E-state index in [9.17, 15) is 9.18 Å². The van der Waals surface area contributed by atoms with E-state index < -0.39 is 0 Å². The van der Waals surface area contributed by atoms with Crippen LogP contribution in [0.3, 0.4) is 0 Å². The van der Waals surface area contributed by atoms with Crippen LogP contribution in [0, 0.1) is 5.82 Å². The van der Waals surface area contributed by atoms with Crippen molar-refractivity contribution in [3.63, 3.8) is 0 Å². The lowest BCUT2D eigenvalue weighted by Crippen LogP contribution is -2.35. The zero-order chi connectivity index (χ0) is 17.6. The first kappa shape index (κ1) is 17.0. The normalized spacial score (nSPS) is 11.2. The van der Waals surface area contributed by atoms with Gasteiger partial charge in [0.1, 0.15) is 11.6 Å². The molecule has 0 spiro atoms. The predicted molar refractivity (Wildman–Crippen MR) is 93.3 cm³/mol. The summed E-state index contributed by atoms with van der Waals surface area (Å²) in [7, 11) is 1.89. The molecule has 25 heavy (non-hydrogen) atoms. The summed E-state index contributed by atoms with van der Waals surface area (Å²) >= 11 is 0. The van der Waals surface area contributed by atoms with Crippen LogP contribution in [0.15, 0.2) is 42.7 Å². The van der Waals surface area contributed by atoms with Crippen molar-refractivity contribution in [3.8, 4) is 0 Å². The molecule has 130 valence electrons. The van der Waals surface area contributed by atoms with Crippen LogP contribution < -0.4 is 5.32 Å². The minimum absolute atomic E-state index is 0.0476. The van der Waals surface area contributed by atoms with Crippen molar-refractivity contribution in [1.82, 2.24) is 25.2 Å². The number of hydrogen-bond acceptors (Lipinski definition) is 4. The molecule has 1 aromatic carbocycles. The minimum Gasteiger partial charge on any atom is -0.355 e. The molecular formula is C18H20FN5O. The fourth-order valence-corrected chi connectivity index (χ4v) is 2.63.